The van der Waals surface area contributed by atoms with E-state index in [1.54, 1.807) is 44.3 Å². The minimum atomic E-state index is -2.03. The number of carboxylic acid groups (broad SMARTS) is 1. The Labute approximate surface area is 634 Å². The van der Waals surface area contributed by atoms with Gasteiger partial charge in [-0.05, 0) is 93.3 Å². The van der Waals surface area contributed by atoms with E-state index >= 15 is 0 Å². The molecule has 1 fully saturated rings. The Balaban J connectivity index is 1.06. The summed E-state index contributed by atoms with van der Waals surface area (Å²) in [7, 11) is 1.83. The van der Waals surface area contributed by atoms with Crippen molar-refractivity contribution in [2.24, 2.45) is 30.2 Å². The number of carboxylic acids is 1. The number of para-hydroxylation sites is 1. The minimum absolute atomic E-state index is 0.00805. The Bertz CT molecular complexity index is 4200. The molecule has 39 heteroatoms. The molecule has 110 heavy (non-hydrogen) atoms. The van der Waals surface area contributed by atoms with Crippen LogP contribution in [0.1, 0.15) is 102 Å². The van der Waals surface area contributed by atoms with Crippen LogP contribution in [0.5, 0.6) is 5.75 Å². The number of ketones is 1. The molecule has 38 nitrogen and oxygen atoms in total. The zero-order chi connectivity index (χ0) is 81.2. The van der Waals surface area contributed by atoms with Crippen molar-refractivity contribution in [1.29, 1.82) is 5.41 Å². The van der Waals surface area contributed by atoms with Crippen molar-refractivity contribution in [1.82, 2.24) is 68.0 Å². The fourth-order valence-corrected chi connectivity index (χ4v) is 12.9. The molecule has 9 unspecified atom stereocenters. The van der Waals surface area contributed by atoms with Gasteiger partial charge in [0.2, 0.25) is 76.8 Å². The predicted molar refractivity (Wildman–Crippen MR) is 397 cm³/mol. The zero-order valence-corrected chi connectivity index (χ0v) is 61.7. The van der Waals surface area contributed by atoms with E-state index in [-0.39, 0.29) is 85.7 Å². The number of nitrogens with zero attached hydrogens (tertiary/aromatic N) is 2. The summed E-state index contributed by atoms with van der Waals surface area (Å²) in [5.41, 5.74) is 19.1. The maximum atomic E-state index is 14.5. The third kappa shape index (κ3) is 25.8. The number of phenolic OH excluding ortho intramolecular Hbond substituents is 1. The third-order valence-corrected chi connectivity index (χ3v) is 18.6. The fourth-order valence-electron chi connectivity index (χ4n) is 11.6. The van der Waals surface area contributed by atoms with Crippen molar-refractivity contribution >= 4 is 146 Å². The Morgan fingerprint density at radius 2 is 1.24 bits per heavy atom. The molecule has 0 bridgehead atoms. The number of amides is 15. The number of aliphatic carboxylic acids is 1. The number of aryl methyl sites for hydroxylation is 1. The molecule has 1 saturated heterocycles. The highest BCUT2D eigenvalue weighted by molar-refractivity contribution is 8.00. The monoisotopic (exact) mass is 1550 g/mol. The number of rotatable bonds is 43. The third-order valence-electron chi connectivity index (χ3n) is 17.3. The number of primary amides is 1. The van der Waals surface area contributed by atoms with Gasteiger partial charge in [0, 0.05) is 79.9 Å². The standard InChI is InChI=1S/C71H92N18O20S/c1-35(2)26-46(62(101)77-31-56(96)80-50(37(4)91)34-110-52-29-57(97)89(70(52)109)25-9-13-54(94)79-40-18-16-39(17-19-40)59-60(69(108)87-68(59)107)43-32-88(5)51-12-7-6-10-42(43)51)83-63(102)44(11-8-24-76-71(74)75)81-64(103)45(22-23-53(73)93)82-65(104)47(27-38-14-20-41(92)21-15-38)84-66(105)48(28-58(98)99)85-67(106)49(33-90)86-61(100)36(3)78-55(95)30-72/h6-7,10,12,14-21,32,35-36,44-50,52,90,92H,8-9,11,13,22-31,33-34,72H2,1-5H3,(H2,73,93)(H,77,101)(H,78,95)(H,79,94)(H,80,96)(H,81,103)(H,82,104)(H,83,102)(H,84,105)(H,85,106)(H,86,100)(H,98,99)(H4,74,75,76)(H,87,107,108). The molecule has 3 aromatic carbocycles. The number of aliphatic hydroxyl groups is 1. The quantitative estimate of drug-likeness (QED) is 0.00866. The van der Waals surface area contributed by atoms with Crippen molar-refractivity contribution in [3.8, 4) is 5.75 Å². The molecule has 2 aliphatic rings. The molecule has 6 rings (SSSR count). The van der Waals surface area contributed by atoms with E-state index in [4.69, 9.17) is 22.6 Å². The summed E-state index contributed by atoms with van der Waals surface area (Å²) in [4.78, 5) is 227. The molecule has 15 amide bonds. The number of aromatic hydroxyl groups is 1. The van der Waals surface area contributed by atoms with Crippen LogP contribution in [0.25, 0.3) is 22.0 Å². The molecule has 1 aromatic heterocycles. The maximum absolute atomic E-state index is 14.5. The predicted octanol–water partition coefficient (Wildman–Crippen LogP) is -4.12. The van der Waals surface area contributed by atoms with Gasteiger partial charge in [-0.25, -0.2) is 0 Å². The van der Waals surface area contributed by atoms with Gasteiger partial charge in [0.1, 0.15) is 48.0 Å². The van der Waals surface area contributed by atoms with E-state index in [9.17, 15) is 96.8 Å². The average Bonchev–Trinajstić information content (AvgIpc) is 1.60. The number of guanidine groups is 1. The number of imide groups is 2. The number of likely N-dealkylation sites (tertiary alicyclic amines) is 1. The van der Waals surface area contributed by atoms with Crippen LogP contribution in [0.2, 0.25) is 0 Å². The first kappa shape index (κ1) is 86.8. The first-order chi connectivity index (χ1) is 52.1. The van der Waals surface area contributed by atoms with Crippen molar-refractivity contribution < 1.29 is 96.8 Å². The second kappa shape index (κ2) is 41.3. The number of anilines is 1. The van der Waals surface area contributed by atoms with Gasteiger partial charge in [0.25, 0.3) is 11.8 Å². The maximum Gasteiger partial charge on any atom is 0.305 e. The van der Waals surface area contributed by atoms with Crippen molar-refractivity contribution in [2.75, 3.05) is 43.9 Å². The van der Waals surface area contributed by atoms with Crippen molar-refractivity contribution in [3.05, 3.63) is 95.7 Å². The number of fused-ring (bicyclic) bond motifs is 1. The summed E-state index contributed by atoms with van der Waals surface area (Å²) in [5, 5.41) is 66.2. The summed E-state index contributed by atoms with van der Waals surface area (Å²) < 4.78 is 1.86. The lowest BCUT2D eigenvalue weighted by molar-refractivity contribution is -0.142. The molecular weight excluding hydrogens is 1460 g/mol. The molecule has 22 N–H and O–H groups in total. The van der Waals surface area contributed by atoms with Gasteiger partial charge in [-0.15, -0.1) is 11.8 Å². The largest absolute Gasteiger partial charge is 0.508 e. The first-order valence-corrected chi connectivity index (χ1v) is 36.0. The van der Waals surface area contributed by atoms with Gasteiger partial charge < -0.3 is 95.6 Å². The van der Waals surface area contributed by atoms with Crippen LogP contribution in [-0.2, 0) is 95.0 Å². The highest BCUT2D eigenvalue weighted by Gasteiger charge is 2.41. The second-order valence-corrected chi connectivity index (χ2v) is 27.7. The Morgan fingerprint density at radius 1 is 0.645 bits per heavy atom. The molecular formula is C71H92N18O20S. The van der Waals surface area contributed by atoms with Gasteiger partial charge in [-0.2, -0.15) is 0 Å². The Hall–Kier alpha value is -12.1. The van der Waals surface area contributed by atoms with Gasteiger partial charge in [0.05, 0.1) is 48.6 Å². The number of Topliss-reactive ketones (excluding diaryl/α,β-unsaturated/α-hetero) is 1. The van der Waals surface area contributed by atoms with E-state index in [0.29, 0.717) is 16.8 Å². The fraction of sp³-hybridized carbons (Fsp3) is 0.437. The number of carbonyl (C=O) groups is 17. The first-order valence-electron chi connectivity index (χ1n) is 34.9. The van der Waals surface area contributed by atoms with E-state index in [2.05, 4.69) is 63.8 Å². The summed E-state index contributed by atoms with van der Waals surface area (Å²) >= 11 is 0.932. The number of aliphatic hydroxyl groups excluding tert-OH is 1. The highest BCUT2D eigenvalue weighted by atomic mass is 32.2. The molecule has 0 saturated carbocycles. The smallest absolute Gasteiger partial charge is 0.305 e. The van der Waals surface area contributed by atoms with Crippen molar-refractivity contribution in [2.45, 2.75) is 145 Å². The number of nitrogens with two attached hydrogens (primary N) is 3. The average molecular weight is 1550 g/mol. The minimum Gasteiger partial charge on any atom is -0.508 e. The number of benzene rings is 3. The normalized spacial score (nSPS) is 15.5. The lowest BCUT2D eigenvalue weighted by atomic mass is 9.96. The molecule has 2 aliphatic heterocycles. The Kier molecular flexibility index (Phi) is 32.6. The molecule has 592 valence electrons. The van der Waals surface area contributed by atoms with E-state index in [0.717, 1.165) is 27.6 Å². The van der Waals surface area contributed by atoms with E-state index in [1.807, 2.05) is 35.9 Å². The van der Waals surface area contributed by atoms with Gasteiger partial charge >= 0.3 is 5.97 Å². The summed E-state index contributed by atoms with van der Waals surface area (Å²) in [6, 6.07) is 5.98. The number of hydrogen-bond donors (Lipinski definition) is 19. The van der Waals surface area contributed by atoms with Crippen LogP contribution in [0.4, 0.5) is 5.69 Å². The van der Waals surface area contributed by atoms with E-state index in [1.165, 1.54) is 38.1 Å². The molecule has 0 radical (unpaired) electrons. The van der Waals surface area contributed by atoms with Gasteiger partial charge in [-0.1, -0.05) is 56.3 Å². The summed E-state index contributed by atoms with van der Waals surface area (Å²) in [6.07, 6.45) is -1.53. The molecule has 9 atom stereocenters. The summed E-state index contributed by atoms with van der Waals surface area (Å²) in [6.45, 7) is 3.32. The van der Waals surface area contributed by atoms with Crippen LogP contribution in [0.15, 0.2) is 79.0 Å². The van der Waals surface area contributed by atoms with Gasteiger partial charge in [0.15, 0.2) is 11.7 Å². The SMILES string of the molecule is CC(=O)C(CSC1CC(=O)N(CCCC(=O)Nc2ccc(C3=C(c4cn(C)c5ccccc45)C(=O)NC3=O)cc2)C1=O)NC(=O)CNC(=O)C(CC(C)C)NC(=O)C(CCCNC(=N)N)NC(=O)C(CCC(N)=O)NC(=O)C(Cc1ccc(O)cc1)NC(=O)C(CC(=O)O)NC(=O)C(CO)NC(=O)C(C)NC(=O)CN. The van der Waals surface area contributed by atoms with Crippen LogP contribution in [0.3, 0.4) is 0 Å². The van der Waals surface area contributed by atoms with Crippen LogP contribution < -0.4 is 81.0 Å². The lowest BCUT2D eigenvalue weighted by Crippen LogP contribution is -2.61. The number of thioether (sulfide) groups is 1. The molecule has 0 aliphatic carbocycles. The van der Waals surface area contributed by atoms with Crippen LogP contribution in [-0.4, -0.2) is 223 Å². The number of phenols is 1. The second-order valence-electron chi connectivity index (χ2n) is 26.4. The number of hydrogen-bond acceptors (Lipinski definition) is 22. The number of aromatic nitrogens is 1. The summed E-state index contributed by atoms with van der Waals surface area (Å²) in [5.74, 6) is -16.4. The number of nitrogens with one attached hydrogen (secondary N) is 13. The zero-order valence-electron chi connectivity index (χ0n) is 60.9. The van der Waals surface area contributed by atoms with Crippen molar-refractivity contribution in [3.63, 3.8) is 0 Å². The van der Waals surface area contributed by atoms with Gasteiger partial charge in [-0.3, -0.25) is 97.1 Å². The molecule has 3 heterocycles. The highest BCUT2D eigenvalue weighted by Crippen LogP contribution is 2.36. The lowest BCUT2D eigenvalue weighted by Gasteiger charge is -2.28. The molecule has 0 spiro atoms. The number of carbonyl (C=O) groups excluding carboxylic acids is 16. The topological polar surface area (TPSA) is 605 Å². The van der Waals surface area contributed by atoms with Crippen LogP contribution in [0, 0.1) is 11.3 Å². The van der Waals surface area contributed by atoms with Crippen LogP contribution >= 0.6 is 11.8 Å². The Morgan fingerprint density at radius 3 is 1.85 bits per heavy atom. The van der Waals surface area contributed by atoms with E-state index < -0.39 is 205 Å². The molecule has 4 aromatic rings.